The highest BCUT2D eigenvalue weighted by atomic mass is 16.2. The number of hydrogen-bond donors (Lipinski definition) is 1. The van der Waals surface area contributed by atoms with Gasteiger partial charge in [-0.2, -0.15) is 4.80 Å². The molecule has 0 aliphatic rings. The zero-order chi connectivity index (χ0) is 27.7. The van der Waals surface area contributed by atoms with E-state index in [9.17, 15) is 9.59 Å². The van der Waals surface area contributed by atoms with Gasteiger partial charge in [-0.3, -0.25) is 14.6 Å². The monoisotopic (exact) mass is 531 g/mol. The van der Waals surface area contributed by atoms with Gasteiger partial charge in [0.15, 0.2) is 0 Å². The van der Waals surface area contributed by atoms with Crippen molar-refractivity contribution in [3.05, 3.63) is 132 Å². The van der Waals surface area contributed by atoms with Crippen molar-refractivity contribution >= 4 is 11.8 Å². The maximum absolute atomic E-state index is 13.9. The predicted molar refractivity (Wildman–Crippen MR) is 150 cm³/mol. The van der Waals surface area contributed by atoms with Gasteiger partial charge in [0.1, 0.15) is 12.6 Å². The summed E-state index contributed by atoms with van der Waals surface area (Å²) >= 11 is 0. The van der Waals surface area contributed by atoms with E-state index in [0.717, 1.165) is 22.3 Å². The molecular weight excluding hydrogens is 502 g/mol. The molecule has 9 nitrogen and oxygen atoms in total. The number of aromatic nitrogens is 5. The molecule has 0 aliphatic carbocycles. The molecule has 3 aromatic carbocycles. The zero-order valence-corrected chi connectivity index (χ0v) is 22.1. The van der Waals surface area contributed by atoms with Crippen molar-refractivity contribution in [2.75, 3.05) is 0 Å². The van der Waals surface area contributed by atoms with Gasteiger partial charge >= 0.3 is 0 Å². The molecule has 0 spiro atoms. The normalized spacial score (nSPS) is 11.5. The van der Waals surface area contributed by atoms with Gasteiger partial charge in [-0.15, -0.1) is 10.2 Å². The number of carbonyl (C=O) groups excluding carboxylic acids is 2. The summed E-state index contributed by atoms with van der Waals surface area (Å²) in [7, 11) is 0. The topological polar surface area (TPSA) is 106 Å². The lowest BCUT2D eigenvalue weighted by molar-refractivity contribution is -0.142. The first kappa shape index (κ1) is 26.4. The molecule has 0 bridgehead atoms. The number of amides is 2. The quantitative estimate of drug-likeness (QED) is 0.291. The summed E-state index contributed by atoms with van der Waals surface area (Å²) < 4.78 is 0. The number of tetrazole rings is 1. The second kappa shape index (κ2) is 12.6. The van der Waals surface area contributed by atoms with Gasteiger partial charge in [0.25, 0.3) is 0 Å². The van der Waals surface area contributed by atoms with Crippen LogP contribution in [0, 0.1) is 6.92 Å². The standard InChI is InChI=1S/C31H29N7O2/c1-23-12-14-27(15-13-23)30-34-36-38(35-30)22-28(39)37(21-25-10-6-3-7-11-25)29(26-16-18-32-19-17-26)31(40)33-20-24-8-4-2-5-9-24/h2-19,29H,20-22H2,1H3,(H,33,40). The van der Waals surface area contributed by atoms with Gasteiger partial charge in [-0.1, -0.05) is 90.5 Å². The van der Waals surface area contributed by atoms with Crippen LogP contribution in [0.25, 0.3) is 11.4 Å². The molecule has 1 unspecified atom stereocenters. The Bertz CT molecular complexity index is 1540. The van der Waals surface area contributed by atoms with Crippen LogP contribution in [0.1, 0.15) is 28.3 Å². The van der Waals surface area contributed by atoms with Crippen molar-refractivity contribution in [3.8, 4) is 11.4 Å². The Hall–Kier alpha value is -5.18. The second-order valence-corrected chi connectivity index (χ2v) is 9.40. The van der Waals surface area contributed by atoms with E-state index < -0.39 is 6.04 Å². The number of aryl methyl sites for hydroxylation is 1. The summed E-state index contributed by atoms with van der Waals surface area (Å²) in [4.78, 5) is 34.6. The summed E-state index contributed by atoms with van der Waals surface area (Å²) in [5.74, 6) is -0.201. The van der Waals surface area contributed by atoms with Gasteiger partial charge < -0.3 is 10.2 Å². The van der Waals surface area contributed by atoms with Crippen LogP contribution in [0.5, 0.6) is 0 Å². The van der Waals surface area contributed by atoms with Crippen LogP contribution in [0.4, 0.5) is 0 Å². The number of carbonyl (C=O) groups is 2. The smallest absolute Gasteiger partial charge is 0.247 e. The molecule has 0 aliphatic heterocycles. The van der Waals surface area contributed by atoms with E-state index in [0.29, 0.717) is 17.9 Å². The van der Waals surface area contributed by atoms with Gasteiger partial charge in [0.2, 0.25) is 17.6 Å². The minimum Gasteiger partial charge on any atom is -0.350 e. The molecule has 5 aromatic rings. The van der Waals surface area contributed by atoms with Crippen molar-refractivity contribution in [1.82, 2.24) is 35.4 Å². The number of nitrogens with zero attached hydrogens (tertiary/aromatic N) is 6. The predicted octanol–water partition coefficient (Wildman–Crippen LogP) is 4.13. The van der Waals surface area contributed by atoms with Crippen molar-refractivity contribution in [2.45, 2.75) is 32.6 Å². The Morgan fingerprint density at radius 2 is 1.50 bits per heavy atom. The van der Waals surface area contributed by atoms with E-state index in [-0.39, 0.29) is 24.9 Å². The SMILES string of the molecule is Cc1ccc(-c2nnn(CC(=O)N(Cc3ccccc3)C(C(=O)NCc3ccccc3)c3ccncc3)n2)cc1. The molecule has 2 heterocycles. The molecule has 9 heteroatoms. The Morgan fingerprint density at radius 1 is 0.850 bits per heavy atom. The maximum atomic E-state index is 13.9. The lowest BCUT2D eigenvalue weighted by Gasteiger charge is -2.31. The van der Waals surface area contributed by atoms with Crippen LogP contribution in [0.2, 0.25) is 0 Å². The summed E-state index contributed by atoms with van der Waals surface area (Å²) in [6.07, 6.45) is 3.23. The number of nitrogens with one attached hydrogen (secondary N) is 1. The summed E-state index contributed by atoms with van der Waals surface area (Å²) in [6, 6.07) is 29.6. The van der Waals surface area contributed by atoms with Crippen molar-refractivity contribution < 1.29 is 9.59 Å². The summed E-state index contributed by atoms with van der Waals surface area (Å²) in [6.45, 7) is 2.37. The molecule has 2 aromatic heterocycles. The third-order valence-electron chi connectivity index (χ3n) is 6.45. The first-order valence-corrected chi connectivity index (χ1v) is 13.0. The van der Waals surface area contributed by atoms with Crippen LogP contribution >= 0.6 is 0 Å². The molecule has 0 saturated carbocycles. The minimum atomic E-state index is -0.903. The molecule has 5 rings (SSSR count). The molecule has 1 N–H and O–H groups in total. The first-order valence-electron chi connectivity index (χ1n) is 13.0. The van der Waals surface area contributed by atoms with Crippen molar-refractivity contribution in [3.63, 3.8) is 0 Å². The first-order chi connectivity index (χ1) is 19.6. The number of pyridine rings is 1. The van der Waals surface area contributed by atoms with Crippen molar-refractivity contribution in [2.24, 2.45) is 0 Å². The third kappa shape index (κ3) is 6.63. The molecule has 2 amide bonds. The van der Waals surface area contributed by atoms with Gasteiger partial charge in [0, 0.05) is 31.0 Å². The highest BCUT2D eigenvalue weighted by molar-refractivity contribution is 5.88. The van der Waals surface area contributed by atoms with Crippen molar-refractivity contribution in [1.29, 1.82) is 0 Å². The molecule has 0 fully saturated rings. The van der Waals surface area contributed by atoms with E-state index in [1.807, 2.05) is 91.9 Å². The average Bonchev–Trinajstić information content (AvgIpc) is 3.46. The molecule has 0 saturated heterocycles. The Labute approximate surface area is 232 Å². The molecule has 0 radical (unpaired) electrons. The zero-order valence-electron chi connectivity index (χ0n) is 22.1. The van der Waals surface area contributed by atoms with Gasteiger partial charge in [0.05, 0.1) is 0 Å². The fourth-order valence-electron chi connectivity index (χ4n) is 4.34. The maximum Gasteiger partial charge on any atom is 0.247 e. The van der Waals surface area contributed by atoms with Gasteiger partial charge in [-0.05, 0) is 41.0 Å². The molecule has 40 heavy (non-hydrogen) atoms. The van der Waals surface area contributed by atoms with Crippen LogP contribution in [-0.4, -0.2) is 41.9 Å². The Kier molecular flexibility index (Phi) is 8.31. The van der Waals surface area contributed by atoms with Crippen LogP contribution in [0.15, 0.2) is 109 Å². The fourth-order valence-corrected chi connectivity index (χ4v) is 4.34. The van der Waals surface area contributed by atoms with Crippen LogP contribution in [-0.2, 0) is 29.2 Å². The lowest BCUT2D eigenvalue weighted by atomic mass is 10.0. The highest BCUT2D eigenvalue weighted by Crippen LogP contribution is 2.24. The largest absolute Gasteiger partial charge is 0.350 e. The lowest BCUT2D eigenvalue weighted by Crippen LogP contribution is -2.44. The number of hydrogen-bond acceptors (Lipinski definition) is 6. The van der Waals surface area contributed by atoms with E-state index in [2.05, 4.69) is 25.7 Å². The molecular formula is C31H29N7O2. The summed E-state index contributed by atoms with van der Waals surface area (Å²) in [5, 5.41) is 15.7. The van der Waals surface area contributed by atoms with E-state index >= 15 is 0 Å². The van der Waals surface area contributed by atoms with E-state index in [1.165, 1.54) is 4.80 Å². The van der Waals surface area contributed by atoms with Gasteiger partial charge in [-0.25, -0.2) is 0 Å². The van der Waals surface area contributed by atoms with E-state index in [4.69, 9.17) is 0 Å². The minimum absolute atomic E-state index is 0.181. The van der Waals surface area contributed by atoms with E-state index in [1.54, 1.807) is 29.4 Å². The highest BCUT2D eigenvalue weighted by Gasteiger charge is 2.32. The molecule has 1 atom stereocenters. The summed E-state index contributed by atoms with van der Waals surface area (Å²) in [5.41, 5.74) is 4.42. The molecule has 200 valence electrons. The third-order valence-corrected chi connectivity index (χ3v) is 6.45. The Balaban J connectivity index is 1.44. The van der Waals surface area contributed by atoms with Crippen LogP contribution < -0.4 is 5.32 Å². The van der Waals surface area contributed by atoms with Crippen LogP contribution in [0.3, 0.4) is 0 Å². The second-order valence-electron chi connectivity index (χ2n) is 9.40. The number of rotatable bonds is 10. The fraction of sp³-hybridized carbons (Fsp3) is 0.161. The Morgan fingerprint density at radius 3 is 2.17 bits per heavy atom. The average molecular weight is 532 g/mol. The number of benzene rings is 3.